The van der Waals surface area contributed by atoms with E-state index < -0.39 is 0 Å². The molecular weight excluding hydrogens is 268 g/mol. The molecule has 0 aliphatic heterocycles. The molecule has 0 spiro atoms. The van der Waals surface area contributed by atoms with Crippen LogP contribution in [0, 0.1) is 0 Å². The number of carbonyl (C=O) groups is 1. The van der Waals surface area contributed by atoms with E-state index in [2.05, 4.69) is 5.32 Å². The van der Waals surface area contributed by atoms with E-state index in [0.29, 0.717) is 6.54 Å². The van der Waals surface area contributed by atoms with Gasteiger partial charge in [-0.3, -0.25) is 4.79 Å². The lowest BCUT2D eigenvalue weighted by Gasteiger charge is -2.05. The van der Waals surface area contributed by atoms with E-state index in [1.165, 1.54) is 6.20 Å². The summed E-state index contributed by atoms with van der Waals surface area (Å²) in [7, 11) is 1.63. The van der Waals surface area contributed by atoms with Crippen LogP contribution in [0.25, 0.3) is 0 Å². The van der Waals surface area contributed by atoms with E-state index in [9.17, 15) is 9.90 Å². The van der Waals surface area contributed by atoms with E-state index in [4.69, 9.17) is 4.74 Å². The van der Waals surface area contributed by atoms with Gasteiger partial charge in [-0.05, 0) is 30.2 Å². The predicted molar refractivity (Wildman–Crippen MR) is 78.0 cm³/mol. The van der Waals surface area contributed by atoms with Gasteiger partial charge in [0.2, 0.25) is 12.7 Å². The fourth-order valence-electron chi connectivity index (χ4n) is 1.97. The summed E-state index contributed by atoms with van der Waals surface area (Å²) in [5, 5.41) is 12.2. The first kappa shape index (κ1) is 14.8. The second-order valence-electron chi connectivity index (χ2n) is 4.68. The van der Waals surface area contributed by atoms with Gasteiger partial charge in [-0.25, -0.2) is 0 Å². The largest absolute Gasteiger partial charge is 0.503 e. The number of benzene rings is 1. The van der Waals surface area contributed by atoms with Gasteiger partial charge in [-0.1, -0.05) is 12.1 Å². The van der Waals surface area contributed by atoms with E-state index in [1.54, 1.807) is 30.0 Å². The zero-order valence-corrected chi connectivity index (χ0v) is 12.0. The molecule has 0 radical (unpaired) electrons. The van der Waals surface area contributed by atoms with Crippen LogP contribution in [0.3, 0.4) is 0 Å². The molecule has 0 saturated carbocycles. The topological polar surface area (TPSA) is 62.4 Å². The number of aromatic hydroxyl groups is 1. The number of methoxy groups -OCH3 is 1. The van der Waals surface area contributed by atoms with Crippen LogP contribution in [0.4, 0.5) is 0 Å². The number of hydrogen-bond acceptors (Lipinski definition) is 3. The van der Waals surface area contributed by atoms with Crippen LogP contribution in [0.1, 0.15) is 5.56 Å². The average molecular weight is 287 g/mol. The van der Waals surface area contributed by atoms with E-state index >= 15 is 0 Å². The number of nitrogens with one attached hydrogen (secondary N) is 1. The van der Waals surface area contributed by atoms with Crippen molar-refractivity contribution < 1.29 is 19.2 Å². The lowest BCUT2D eigenvalue weighted by molar-refractivity contribution is -0.684. The molecule has 0 unspecified atom stereocenters. The molecule has 2 rings (SSSR count). The number of nitrogens with zero attached hydrogens (tertiary/aromatic N) is 1. The highest BCUT2D eigenvalue weighted by atomic mass is 16.5. The second-order valence-corrected chi connectivity index (χ2v) is 4.68. The Balaban J connectivity index is 1.76. The van der Waals surface area contributed by atoms with Gasteiger partial charge in [0.25, 0.3) is 5.91 Å². The Labute approximate surface area is 123 Å². The summed E-state index contributed by atoms with van der Waals surface area (Å²) in [6.07, 6.45) is 4.02. The van der Waals surface area contributed by atoms with E-state index in [0.717, 1.165) is 17.7 Å². The maximum absolute atomic E-state index is 11.8. The van der Waals surface area contributed by atoms with Crippen molar-refractivity contribution in [2.75, 3.05) is 13.7 Å². The van der Waals surface area contributed by atoms with Crippen molar-refractivity contribution in [3.8, 4) is 11.5 Å². The van der Waals surface area contributed by atoms with Crippen LogP contribution in [0.5, 0.6) is 11.5 Å². The second kappa shape index (κ2) is 7.28. The normalized spacial score (nSPS) is 10.1. The van der Waals surface area contributed by atoms with Crippen LogP contribution in [0.2, 0.25) is 0 Å². The van der Waals surface area contributed by atoms with Crippen LogP contribution in [0.15, 0.2) is 48.8 Å². The smallest absolute Gasteiger partial charge is 0.286 e. The van der Waals surface area contributed by atoms with Crippen molar-refractivity contribution >= 4 is 5.91 Å². The first-order valence-corrected chi connectivity index (χ1v) is 6.75. The Morgan fingerprint density at radius 3 is 2.71 bits per heavy atom. The van der Waals surface area contributed by atoms with Crippen LogP contribution >= 0.6 is 0 Å². The summed E-state index contributed by atoms with van der Waals surface area (Å²) in [6.45, 7) is 0.765. The minimum absolute atomic E-state index is 0.0842. The minimum Gasteiger partial charge on any atom is -0.503 e. The standard InChI is InChI=1S/C16H18N2O3/c1-21-15-6-4-13(5-7-15)8-9-17-16(20)12-18-10-2-3-14(19)11-18/h2-7,10-11H,8-9,12H2,1H3,(H-,17,19,20)/p+1. The molecule has 1 amide bonds. The summed E-state index contributed by atoms with van der Waals surface area (Å²) >= 11 is 0. The number of aromatic nitrogens is 1. The number of pyridine rings is 1. The van der Waals surface area contributed by atoms with E-state index in [1.807, 2.05) is 24.3 Å². The summed E-state index contributed by atoms with van der Waals surface area (Å²) < 4.78 is 6.73. The van der Waals surface area contributed by atoms with Crippen LogP contribution in [-0.4, -0.2) is 24.7 Å². The van der Waals surface area contributed by atoms with Crippen molar-refractivity contribution in [2.45, 2.75) is 13.0 Å². The first-order valence-electron chi connectivity index (χ1n) is 6.75. The lowest BCUT2D eigenvalue weighted by Crippen LogP contribution is -2.42. The SMILES string of the molecule is COc1ccc(CCNC(=O)C[n+]2cccc(O)c2)cc1. The van der Waals surface area contributed by atoms with Crippen LogP contribution in [-0.2, 0) is 17.8 Å². The molecule has 0 aliphatic rings. The fourth-order valence-corrected chi connectivity index (χ4v) is 1.97. The monoisotopic (exact) mass is 287 g/mol. The van der Waals surface area contributed by atoms with Gasteiger partial charge in [0, 0.05) is 12.6 Å². The van der Waals surface area contributed by atoms with Gasteiger partial charge in [0.15, 0.2) is 11.9 Å². The van der Waals surface area contributed by atoms with Crippen molar-refractivity contribution in [3.63, 3.8) is 0 Å². The number of hydrogen-bond donors (Lipinski definition) is 2. The molecule has 1 heterocycles. The van der Waals surface area contributed by atoms with Crippen molar-refractivity contribution in [2.24, 2.45) is 0 Å². The van der Waals surface area contributed by atoms with E-state index in [-0.39, 0.29) is 18.2 Å². The zero-order chi connectivity index (χ0) is 15.1. The first-order chi connectivity index (χ1) is 10.2. The maximum Gasteiger partial charge on any atom is 0.286 e. The van der Waals surface area contributed by atoms with Gasteiger partial charge < -0.3 is 15.2 Å². The predicted octanol–water partition coefficient (Wildman–Crippen LogP) is 1.05. The van der Waals surface area contributed by atoms with Crippen molar-refractivity contribution in [1.82, 2.24) is 5.32 Å². The number of ether oxygens (including phenoxy) is 1. The highest BCUT2D eigenvalue weighted by molar-refractivity contribution is 5.74. The van der Waals surface area contributed by atoms with Crippen molar-refractivity contribution in [3.05, 3.63) is 54.4 Å². The molecule has 5 nitrogen and oxygen atoms in total. The molecule has 5 heteroatoms. The Morgan fingerprint density at radius 2 is 2.05 bits per heavy atom. The summed E-state index contributed by atoms with van der Waals surface area (Å²) in [4.78, 5) is 11.8. The van der Waals surface area contributed by atoms with Crippen LogP contribution < -0.4 is 14.6 Å². The molecule has 1 aromatic carbocycles. The molecule has 2 N–H and O–H groups in total. The molecule has 110 valence electrons. The Hall–Kier alpha value is -2.56. The molecular formula is C16H19N2O3+. The molecule has 0 saturated heterocycles. The lowest BCUT2D eigenvalue weighted by atomic mass is 10.1. The minimum atomic E-state index is -0.0842. The highest BCUT2D eigenvalue weighted by Crippen LogP contribution is 2.11. The number of amides is 1. The quantitative estimate of drug-likeness (QED) is 0.781. The molecule has 0 aliphatic carbocycles. The number of carbonyl (C=O) groups excluding carboxylic acids is 1. The summed E-state index contributed by atoms with van der Waals surface area (Å²) in [6, 6.07) is 11.0. The third-order valence-corrected chi connectivity index (χ3v) is 3.06. The highest BCUT2D eigenvalue weighted by Gasteiger charge is 2.09. The van der Waals surface area contributed by atoms with Crippen molar-refractivity contribution in [1.29, 1.82) is 0 Å². The average Bonchev–Trinajstić information content (AvgIpc) is 2.48. The van der Waals surface area contributed by atoms with Gasteiger partial charge in [0.1, 0.15) is 5.75 Å². The third-order valence-electron chi connectivity index (χ3n) is 3.06. The Kier molecular flexibility index (Phi) is 5.15. The maximum atomic E-state index is 11.8. The molecule has 1 aromatic heterocycles. The molecule has 21 heavy (non-hydrogen) atoms. The summed E-state index contributed by atoms with van der Waals surface area (Å²) in [5.74, 6) is 0.880. The van der Waals surface area contributed by atoms with Gasteiger partial charge in [-0.15, -0.1) is 0 Å². The third kappa shape index (κ3) is 4.80. The van der Waals surface area contributed by atoms with Gasteiger partial charge in [-0.2, -0.15) is 4.57 Å². The van der Waals surface area contributed by atoms with Gasteiger partial charge >= 0.3 is 0 Å². The fraction of sp³-hybridized carbons (Fsp3) is 0.250. The van der Waals surface area contributed by atoms with Gasteiger partial charge in [0.05, 0.1) is 7.11 Å². The molecule has 2 aromatic rings. The number of rotatable bonds is 6. The molecule has 0 atom stereocenters. The Morgan fingerprint density at radius 1 is 1.29 bits per heavy atom. The zero-order valence-electron chi connectivity index (χ0n) is 12.0. The Bertz CT molecular complexity index is 597. The molecule has 0 bridgehead atoms. The summed E-state index contributed by atoms with van der Waals surface area (Å²) in [5.41, 5.74) is 1.14. The molecule has 0 fully saturated rings.